The van der Waals surface area contributed by atoms with Crippen LogP contribution in [0.2, 0.25) is 0 Å². The standard InChI is InChI=1S/C20H26F3N5O2/c1-11(2)7-16(25-13(4)29)19(30)27-6-5-14(10-27)15-9-18-24-12(3)8-17(20(21,22)23)28(18)26-15/h8-9,11,14,16H,5-7,10H2,1-4H3,(H,25,29). The number of hydrogen-bond acceptors (Lipinski definition) is 4. The van der Waals surface area contributed by atoms with Gasteiger partial charge in [-0.3, -0.25) is 9.59 Å². The summed E-state index contributed by atoms with van der Waals surface area (Å²) in [5.41, 5.74) is 0.00744. The first-order valence-electron chi connectivity index (χ1n) is 9.96. The van der Waals surface area contributed by atoms with Gasteiger partial charge >= 0.3 is 6.18 Å². The third-order valence-electron chi connectivity index (χ3n) is 5.17. The molecule has 164 valence electrons. The quantitative estimate of drug-likeness (QED) is 0.799. The number of carbonyl (C=O) groups excluding carboxylic acids is 2. The van der Waals surface area contributed by atoms with Crippen LogP contribution >= 0.6 is 0 Å². The molecule has 2 aromatic heterocycles. The Morgan fingerprint density at radius 1 is 1.30 bits per heavy atom. The normalized spacial score (nSPS) is 18.3. The summed E-state index contributed by atoms with van der Waals surface area (Å²) in [6.45, 7) is 7.63. The second kappa shape index (κ2) is 8.23. The molecule has 0 aromatic carbocycles. The van der Waals surface area contributed by atoms with E-state index in [2.05, 4.69) is 15.4 Å². The number of fused-ring (bicyclic) bond motifs is 1. The van der Waals surface area contributed by atoms with Gasteiger partial charge in [0.25, 0.3) is 0 Å². The van der Waals surface area contributed by atoms with Crippen molar-refractivity contribution in [3.05, 3.63) is 29.2 Å². The van der Waals surface area contributed by atoms with Gasteiger partial charge in [0.05, 0.1) is 5.69 Å². The van der Waals surface area contributed by atoms with Gasteiger partial charge in [0.15, 0.2) is 5.65 Å². The second-order valence-corrected chi connectivity index (χ2v) is 8.27. The van der Waals surface area contributed by atoms with Crippen molar-refractivity contribution in [2.24, 2.45) is 5.92 Å². The fraction of sp³-hybridized carbons (Fsp3) is 0.600. The first-order valence-corrected chi connectivity index (χ1v) is 9.96. The minimum absolute atomic E-state index is 0.137. The van der Waals surface area contributed by atoms with E-state index >= 15 is 0 Å². The van der Waals surface area contributed by atoms with Crippen LogP contribution in [0.4, 0.5) is 13.2 Å². The van der Waals surface area contributed by atoms with Crippen LogP contribution in [-0.4, -0.2) is 50.4 Å². The number of aryl methyl sites for hydroxylation is 1. The third-order valence-corrected chi connectivity index (χ3v) is 5.17. The van der Waals surface area contributed by atoms with Crippen LogP contribution < -0.4 is 5.32 Å². The molecule has 2 atom stereocenters. The number of aromatic nitrogens is 3. The van der Waals surface area contributed by atoms with Crippen molar-refractivity contribution < 1.29 is 22.8 Å². The number of rotatable bonds is 5. The number of hydrogen-bond donors (Lipinski definition) is 1. The number of nitrogens with one attached hydrogen (secondary N) is 1. The minimum atomic E-state index is -4.55. The van der Waals surface area contributed by atoms with Gasteiger partial charge in [-0.15, -0.1) is 0 Å². The van der Waals surface area contributed by atoms with Gasteiger partial charge in [0.2, 0.25) is 11.8 Å². The number of likely N-dealkylation sites (tertiary alicyclic amines) is 1. The van der Waals surface area contributed by atoms with E-state index in [1.165, 1.54) is 13.8 Å². The van der Waals surface area contributed by atoms with Crippen molar-refractivity contribution >= 4 is 17.5 Å². The first-order chi connectivity index (χ1) is 14.0. The van der Waals surface area contributed by atoms with Gasteiger partial charge in [0.1, 0.15) is 11.7 Å². The van der Waals surface area contributed by atoms with Crippen molar-refractivity contribution in [3.8, 4) is 0 Å². The highest BCUT2D eigenvalue weighted by molar-refractivity contribution is 5.87. The molecule has 1 fully saturated rings. The van der Waals surface area contributed by atoms with Gasteiger partial charge in [-0.05, 0) is 31.7 Å². The van der Waals surface area contributed by atoms with Crippen LogP contribution in [0.3, 0.4) is 0 Å². The smallest absolute Gasteiger partial charge is 0.345 e. The molecule has 0 saturated carbocycles. The van der Waals surface area contributed by atoms with Crippen LogP contribution in [0.15, 0.2) is 12.1 Å². The number of nitrogens with zero attached hydrogens (tertiary/aromatic N) is 4. The molecular formula is C20H26F3N5O2. The number of carbonyl (C=O) groups is 2. The molecular weight excluding hydrogens is 399 g/mol. The van der Waals surface area contributed by atoms with Crippen LogP contribution in [-0.2, 0) is 15.8 Å². The number of amides is 2. The Bertz CT molecular complexity index is 954. The number of alkyl halides is 3. The summed E-state index contributed by atoms with van der Waals surface area (Å²) in [7, 11) is 0. The molecule has 0 radical (unpaired) electrons. The SMILES string of the molecule is CC(=O)NC(CC(C)C)C(=O)N1CCC(c2cc3nc(C)cc(C(F)(F)F)n3n2)C1. The fourth-order valence-electron chi connectivity index (χ4n) is 3.88. The van der Waals surface area contributed by atoms with Crippen LogP contribution in [0, 0.1) is 12.8 Å². The minimum Gasteiger partial charge on any atom is -0.345 e. The lowest BCUT2D eigenvalue weighted by Gasteiger charge is -2.25. The van der Waals surface area contributed by atoms with Crippen LogP contribution in [0.5, 0.6) is 0 Å². The maximum Gasteiger partial charge on any atom is 0.433 e. The van der Waals surface area contributed by atoms with Crippen molar-refractivity contribution in [2.75, 3.05) is 13.1 Å². The van der Waals surface area contributed by atoms with E-state index in [1.807, 2.05) is 13.8 Å². The summed E-state index contributed by atoms with van der Waals surface area (Å²) >= 11 is 0. The summed E-state index contributed by atoms with van der Waals surface area (Å²) in [6.07, 6.45) is -3.44. The monoisotopic (exact) mass is 425 g/mol. The zero-order chi connectivity index (χ0) is 22.2. The van der Waals surface area contributed by atoms with E-state index in [1.54, 1.807) is 11.0 Å². The van der Waals surface area contributed by atoms with E-state index in [9.17, 15) is 22.8 Å². The summed E-state index contributed by atoms with van der Waals surface area (Å²) in [6, 6.07) is 1.92. The highest BCUT2D eigenvalue weighted by Crippen LogP contribution is 2.32. The molecule has 0 spiro atoms. The van der Waals surface area contributed by atoms with Gasteiger partial charge in [-0.2, -0.15) is 18.3 Å². The van der Waals surface area contributed by atoms with E-state index < -0.39 is 17.9 Å². The molecule has 2 aromatic rings. The molecule has 3 heterocycles. The predicted octanol–water partition coefficient (Wildman–Crippen LogP) is 2.92. The Morgan fingerprint density at radius 3 is 2.60 bits per heavy atom. The predicted molar refractivity (Wildman–Crippen MR) is 104 cm³/mol. The van der Waals surface area contributed by atoms with Crippen molar-refractivity contribution in [2.45, 2.75) is 58.7 Å². The highest BCUT2D eigenvalue weighted by atomic mass is 19.4. The zero-order valence-electron chi connectivity index (χ0n) is 17.5. The van der Waals surface area contributed by atoms with Crippen molar-refractivity contribution in [1.82, 2.24) is 24.8 Å². The molecule has 10 heteroatoms. The molecule has 1 aliphatic heterocycles. The van der Waals surface area contributed by atoms with E-state index in [0.717, 1.165) is 10.6 Å². The van der Waals surface area contributed by atoms with E-state index in [4.69, 9.17) is 0 Å². The van der Waals surface area contributed by atoms with E-state index in [0.29, 0.717) is 31.6 Å². The first kappa shape index (κ1) is 22.0. The maximum atomic E-state index is 13.4. The fourth-order valence-corrected chi connectivity index (χ4v) is 3.88. The molecule has 0 bridgehead atoms. The zero-order valence-corrected chi connectivity index (χ0v) is 17.5. The highest BCUT2D eigenvalue weighted by Gasteiger charge is 2.37. The Balaban J connectivity index is 1.81. The molecule has 0 aliphatic carbocycles. The molecule has 30 heavy (non-hydrogen) atoms. The summed E-state index contributed by atoms with van der Waals surface area (Å²) in [5, 5.41) is 6.87. The third kappa shape index (κ3) is 4.73. The van der Waals surface area contributed by atoms with Crippen LogP contribution in [0.25, 0.3) is 5.65 Å². The summed E-state index contributed by atoms with van der Waals surface area (Å²) in [4.78, 5) is 30.2. The Hall–Kier alpha value is -2.65. The largest absolute Gasteiger partial charge is 0.433 e. The Kier molecular flexibility index (Phi) is 6.05. The molecule has 1 saturated heterocycles. The Labute approximate surface area is 172 Å². The lowest BCUT2D eigenvalue weighted by molar-refractivity contribution is -0.142. The van der Waals surface area contributed by atoms with E-state index in [-0.39, 0.29) is 35.0 Å². The summed E-state index contributed by atoms with van der Waals surface area (Å²) in [5.74, 6) is -0.409. The topological polar surface area (TPSA) is 79.6 Å². The lowest BCUT2D eigenvalue weighted by Crippen LogP contribution is -2.47. The number of halogens is 3. The van der Waals surface area contributed by atoms with Crippen molar-refractivity contribution in [1.29, 1.82) is 0 Å². The van der Waals surface area contributed by atoms with Gasteiger partial charge < -0.3 is 10.2 Å². The molecule has 2 amide bonds. The molecule has 2 unspecified atom stereocenters. The molecule has 1 aliphatic rings. The van der Waals surface area contributed by atoms with Crippen molar-refractivity contribution in [3.63, 3.8) is 0 Å². The average molecular weight is 425 g/mol. The summed E-state index contributed by atoms with van der Waals surface area (Å²) < 4.78 is 40.9. The average Bonchev–Trinajstić information content (AvgIpc) is 3.24. The Morgan fingerprint density at radius 2 is 2.00 bits per heavy atom. The second-order valence-electron chi connectivity index (χ2n) is 8.27. The van der Waals surface area contributed by atoms with Gasteiger partial charge in [0, 0.05) is 37.7 Å². The van der Waals surface area contributed by atoms with Gasteiger partial charge in [-0.25, -0.2) is 9.50 Å². The van der Waals surface area contributed by atoms with Crippen LogP contribution in [0.1, 0.15) is 56.6 Å². The molecule has 7 nitrogen and oxygen atoms in total. The lowest BCUT2D eigenvalue weighted by atomic mass is 10.0. The molecule has 1 N–H and O–H groups in total. The van der Waals surface area contributed by atoms with Gasteiger partial charge in [-0.1, -0.05) is 13.8 Å². The maximum absolute atomic E-state index is 13.4. The molecule has 3 rings (SSSR count).